The molecular weight excluding hydrogens is 232 g/mol. The molecule has 0 spiro atoms. The average Bonchev–Trinajstić information content (AvgIpc) is 2.34. The molecule has 0 bridgehead atoms. The van der Waals surface area contributed by atoms with Gasteiger partial charge in [-0.3, -0.25) is 9.59 Å². The lowest BCUT2D eigenvalue weighted by Gasteiger charge is -2.14. The molecule has 5 heteroatoms. The van der Waals surface area contributed by atoms with Gasteiger partial charge in [-0.25, -0.2) is 0 Å². The van der Waals surface area contributed by atoms with Crippen LogP contribution in [0.4, 0.5) is 0 Å². The van der Waals surface area contributed by atoms with Gasteiger partial charge in [-0.05, 0) is 32.2 Å². The van der Waals surface area contributed by atoms with E-state index < -0.39 is 5.97 Å². The Morgan fingerprint density at radius 3 is 2.50 bits per heavy atom. The summed E-state index contributed by atoms with van der Waals surface area (Å²) in [5.41, 5.74) is 5.54. The molecule has 1 amide bonds. The van der Waals surface area contributed by atoms with Crippen molar-refractivity contribution in [2.24, 2.45) is 11.7 Å². The van der Waals surface area contributed by atoms with E-state index in [4.69, 9.17) is 10.5 Å². The second-order valence-corrected chi connectivity index (χ2v) is 4.35. The molecule has 0 aromatic heterocycles. The zero-order valence-corrected chi connectivity index (χ0v) is 11.5. The van der Waals surface area contributed by atoms with E-state index in [1.165, 1.54) is 0 Å². The first-order valence-electron chi connectivity index (χ1n) is 6.76. The van der Waals surface area contributed by atoms with Crippen LogP contribution in [0.25, 0.3) is 0 Å². The fourth-order valence-corrected chi connectivity index (χ4v) is 1.88. The molecule has 0 saturated carbocycles. The molecule has 0 heterocycles. The van der Waals surface area contributed by atoms with Gasteiger partial charge in [0.1, 0.15) is 6.54 Å². The normalized spacial score (nSPS) is 11.9. The molecule has 0 aliphatic heterocycles. The van der Waals surface area contributed by atoms with Gasteiger partial charge in [0.25, 0.3) is 0 Å². The van der Waals surface area contributed by atoms with Crippen molar-refractivity contribution in [2.75, 3.05) is 19.7 Å². The summed E-state index contributed by atoms with van der Waals surface area (Å²) in [5, 5.41) is 2.56. The number of ether oxygens (including phenoxy) is 1. The van der Waals surface area contributed by atoms with Crippen molar-refractivity contribution in [3.8, 4) is 0 Å². The van der Waals surface area contributed by atoms with Crippen LogP contribution in [0.2, 0.25) is 0 Å². The second kappa shape index (κ2) is 11.0. The van der Waals surface area contributed by atoms with Gasteiger partial charge >= 0.3 is 5.97 Å². The van der Waals surface area contributed by atoms with Gasteiger partial charge in [-0.15, -0.1) is 0 Å². The van der Waals surface area contributed by atoms with Crippen LogP contribution in [0.1, 0.15) is 46.0 Å². The van der Waals surface area contributed by atoms with Gasteiger partial charge in [-0.1, -0.05) is 19.8 Å². The largest absolute Gasteiger partial charge is 0.465 e. The Balaban J connectivity index is 3.76. The molecule has 1 atom stereocenters. The van der Waals surface area contributed by atoms with Crippen LogP contribution in [0, 0.1) is 5.92 Å². The maximum atomic E-state index is 11.5. The summed E-state index contributed by atoms with van der Waals surface area (Å²) in [6.07, 6.45) is 4.44. The second-order valence-electron chi connectivity index (χ2n) is 4.35. The molecule has 0 rings (SSSR count). The monoisotopic (exact) mass is 258 g/mol. The quantitative estimate of drug-likeness (QED) is 0.577. The number of nitrogens with one attached hydrogen (secondary N) is 1. The van der Waals surface area contributed by atoms with E-state index in [9.17, 15) is 9.59 Å². The number of carbonyl (C=O) groups is 2. The van der Waals surface area contributed by atoms with Crippen molar-refractivity contribution in [3.63, 3.8) is 0 Å². The first kappa shape index (κ1) is 16.9. The first-order chi connectivity index (χ1) is 8.63. The highest BCUT2D eigenvalue weighted by molar-refractivity contribution is 5.81. The highest BCUT2D eigenvalue weighted by Gasteiger charge is 2.11. The predicted molar refractivity (Wildman–Crippen MR) is 70.9 cm³/mol. The van der Waals surface area contributed by atoms with Gasteiger partial charge in [0.05, 0.1) is 6.61 Å². The molecule has 18 heavy (non-hydrogen) atoms. The number of hydrogen-bond acceptors (Lipinski definition) is 4. The average molecular weight is 258 g/mol. The van der Waals surface area contributed by atoms with Crippen LogP contribution in [0.15, 0.2) is 0 Å². The van der Waals surface area contributed by atoms with Crippen molar-refractivity contribution in [2.45, 2.75) is 46.0 Å². The molecule has 5 nitrogen and oxygen atoms in total. The Bertz CT molecular complexity index is 238. The summed E-state index contributed by atoms with van der Waals surface area (Å²) >= 11 is 0. The molecular formula is C13H26N2O3. The maximum Gasteiger partial charge on any atom is 0.325 e. The van der Waals surface area contributed by atoms with Crippen LogP contribution < -0.4 is 11.1 Å². The maximum absolute atomic E-state index is 11.5. The highest BCUT2D eigenvalue weighted by atomic mass is 16.5. The third-order valence-corrected chi connectivity index (χ3v) is 2.79. The molecule has 0 aliphatic rings. The number of nitrogens with two attached hydrogens (primary N) is 1. The Kier molecular flexibility index (Phi) is 10.3. The van der Waals surface area contributed by atoms with Crippen LogP contribution in [0.3, 0.4) is 0 Å². The topological polar surface area (TPSA) is 81.4 Å². The highest BCUT2D eigenvalue weighted by Crippen LogP contribution is 2.16. The Labute approximate surface area is 109 Å². The fourth-order valence-electron chi connectivity index (χ4n) is 1.88. The van der Waals surface area contributed by atoms with Crippen molar-refractivity contribution >= 4 is 11.9 Å². The zero-order valence-electron chi connectivity index (χ0n) is 11.5. The van der Waals surface area contributed by atoms with Crippen molar-refractivity contribution < 1.29 is 14.3 Å². The van der Waals surface area contributed by atoms with Crippen molar-refractivity contribution in [1.29, 1.82) is 0 Å². The predicted octanol–water partition coefficient (Wildman–Crippen LogP) is 1.21. The summed E-state index contributed by atoms with van der Waals surface area (Å²) in [7, 11) is 0. The first-order valence-corrected chi connectivity index (χ1v) is 6.76. The van der Waals surface area contributed by atoms with Gasteiger partial charge < -0.3 is 15.8 Å². The minimum atomic E-state index is -0.391. The zero-order chi connectivity index (χ0) is 13.8. The number of carbonyl (C=O) groups excluding carboxylic acids is 2. The number of amides is 1. The SMILES string of the molecule is CCCC(CCN)CCC(=O)NCC(=O)OCC. The minimum absolute atomic E-state index is 0.0397. The Hall–Kier alpha value is -1.10. The standard InChI is InChI=1S/C13H26N2O3/c1-3-5-11(8-9-14)6-7-12(16)15-10-13(17)18-4-2/h11H,3-10,14H2,1-2H3,(H,15,16). The lowest BCUT2D eigenvalue weighted by molar-refractivity contribution is -0.143. The van der Waals surface area contributed by atoms with E-state index in [1.54, 1.807) is 6.92 Å². The summed E-state index contributed by atoms with van der Waals surface area (Å²) in [5.74, 6) is 0.0208. The van der Waals surface area contributed by atoms with E-state index in [0.29, 0.717) is 25.5 Å². The molecule has 0 radical (unpaired) electrons. The van der Waals surface area contributed by atoms with Gasteiger partial charge in [-0.2, -0.15) is 0 Å². The summed E-state index contributed by atoms with van der Waals surface area (Å²) < 4.78 is 4.72. The Morgan fingerprint density at radius 1 is 1.22 bits per heavy atom. The summed E-state index contributed by atoms with van der Waals surface area (Å²) in [6.45, 7) is 4.83. The molecule has 0 saturated heterocycles. The van der Waals surface area contributed by atoms with Gasteiger partial charge in [0.15, 0.2) is 0 Å². The molecule has 0 aliphatic carbocycles. The number of hydrogen-bond donors (Lipinski definition) is 2. The van der Waals surface area contributed by atoms with Gasteiger partial charge in [0.2, 0.25) is 5.91 Å². The van der Waals surface area contributed by atoms with Crippen LogP contribution in [-0.2, 0) is 14.3 Å². The smallest absolute Gasteiger partial charge is 0.325 e. The van der Waals surface area contributed by atoms with Crippen molar-refractivity contribution in [1.82, 2.24) is 5.32 Å². The molecule has 1 unspecified atom stereocenters. The van der Waals surface area contributed by atoms with E-state index >= 15 is 0 Å². The lowest BCUT2D eigenvalue weighted by Crippen LogP contribution is -2.30. The lowest BCUT2D eigenvalue weighted by atomic mass is 9.94. The fraction of sp³-hybridized carbons (Fsp3) is 0.846. The van der Waals surface area contributed by atoms with E-state index in [-0.39, 0.29) is 12.5 Å². The third kappa shape index (κ3) is 8.98. The Morgan fingerprint density at radius 2 is 1.94 bits per heavy atom. The van der Waals surface area contributed by atoms with E-state index in [2.05, 4.69) is 12.2 Å². The molecule has 106 valence electrons. The van der Waals surface area contributed by atoms with Crippen LogP contribution in [-0.4, -0.2) is 31.6 Å². The number of rotatable bonds is 10. The van der Waals surface area contributed by atoms with Gasteiger partial charge in [0, 0.05) is 6.42 Å². The third-order valence-electron chi connectivity index (χ3n) is 2.79. The van der Waals surface area contributed by atoms with Crippen LogP contribution in [0.5, 0.6) is 0 Å². The molecule has 0 aromatic rings. The van der Waals surface area contributed by atoms with Crippen molar-refractivity contribution in [3.05, 3.63) is 0 Å². The summed E-state index contributed by atoms with van der Waals surface area (Å²) in [4.78, 5) is 22.6. The van der Waals surface area contributed by atoms with E-state index in [1.807, 2.05) is 0 Å². The molecule has 0 aromatic carbocycles. The number of esters is 1. The molecule has 0 fully saturated rings. The minimum Gasteiger partial charge on any atom is -0.465 e. The van der Waals surface area contributed by atoms with Crippen LogP contribution >= 0.6 is 0 Å². The molecule has 3 N–H and O–H groups in total. The summed E-state index contributed by atoms with van der Waals surface area (Å²) in [6, 6.07) is 0. The van der Waals surface area contributed by atoms with E-state index in [0.717, 1.165) is 25.7 Å².